The predicted molar refractivity (Wildman–Crippen MR) is 98.1 cm³/mol. The van der Waals surface area contributed by atoms with E-state index in [-0.39, 0.29) is 29.7 Å². The van der Waals surface area contributed by atoms with Crippen LogP contribution in [0.5, 0.6) is 5.75 Å². The number of aromatic nitrogens is 1. The van der Waals surface area contributed by atoms with Crippen LogP contribution in [0.25, 0.3) is 10.9 Å². The van der Waals surface area contributed by atoms with Crippen molar-refractivity contribution in [3.63, 3.8) is 0 Å². The standard InChI is InChI=1S/C20H16F3NO5/c1-29-19-11(3-4-14(21)17(19)23)16(22)10-2-5-15-12(8-10)18(26)13(20(27)28)9-24(15)6-7-25/h2-5,8-9,16,25H,6-7H2,1H3,(H,27,28). The summed E-state index contributed by atoms with van der Waals surface area (Å²) in [6.45, 7) is -0.289. The number of ether oxygens (including phenoxy) is 1. The third kappa shape index (κ3) is 3.56. The number of carbonyl (C=O) groups is 1. The summed E-state index contributed by atoms with van der Waals surface area (Å²) in [6, 6.07) is 5.68. The highest BCUT2D eigenvalue weighted by Crippen LogP contribution is 2.36. The Morgan fingerprint density at radius 3 is 2.59 bits per heavy atom. The second-order valence-corrected chi connectivity index (χ2v) is 6.22. The molecule has 6 nitrogen and oxygen atoms in total. The molecular formula is C20H16F3NO5. The third-order valence-corrected chi connectivity index (χ3v) is 4.53. The smallest absolute Gasteiger partial charge is 0.341 e. The van der Waals surface area contributed by atoms with Gasteiger partial charge in [-0.05, 0) is 29.8 Å². The Bertz CT molecular complexity index is 1160. The highest BCUT2D eigenvalue weighted by Gasteiger charge is 2.24. The average molecular weight is 407 g/mol. The number of fused-ring (bicyclic) bond motifs is 1. The van der Waals surface area contributed by atoms with E-state index in [0.717, 1.165) is 31.5 Å². The number of alkyl halides is 1. The van der Waals surface area contributed by atoms with E-state index >= 15 is 4.39 Å². The fraction of sp³-hybridized carbons (Fsp3) is 0.200. The largest absolute Gasteiger partial charge is 0.493 e. The molecule has 2 N–H and O–H groups in total. The lowest BCUT2D eigenvalue weighted by Gasteiger charge is -2.16. The van der Waals surface area contributed by atoms with Gasteiger partial charge < -0.3 is 19.5 Å². The van der Waals surface area contributed by atoms with E-state index < -0.39 is 40.5 Å². The first-order chi connectivity index (χ1) is 13.8. The Labute approximate surface area is 162 Å². The zero-order valence-electron chi connectivity index (χ0n) is 15.2. The van der Waals surface area contributed by atoms with Crippen LogP contribution in [0.1, 0.15) is 27.7 Å². The van der Waals surface area contributed by atoms with E-state index in [9.17, 15) is 28.6 Å². The molecule has 1 atom stereocenters. The Kier molecular flexibility index (Phi) is 5.60. The molecule has 9 heteroatoms. The molecule has 0 radical (unpaired) electrons. The normalized spacial score (nSPS) is 12.2. The van der Waals surface area contributed by atoms with Gasteiger partial charge in [0.25, 0.3) is 0 Å². The van der Waals surface area contributed by atoms with Crippen molar-refractivity contribution in [3.8, 4) is 5.75 Å². The number of hydrogen-bond acceptors (Lipinski definition) is 4. The van der Waals surface area contributed by atoms with Gasteiger partial charge in [0.05, 0.1) is 19.2 Å². The number of aliphatic hydroxyl groups is 1. The van der Waals surface area contributed by atoms with Crippen LogP contribution in [0.3, 0.4) is 0 Å². The molecule has 0 amide bonds. The number of hydrogen-bond donors (Lipinski definition) is 2. The molecule has 0 spiro atoms. The third-order valence-electron chi connectivity index (χ3n) is 4.53. The quantitative estimate of drug-likeness (QED) is 0.656. The molecule has 1 unspecified atom stereocenters. The number of carboxylic acids is 1. The lowest BCUT2D eigenvalue weighted by molar-refractivity contribution is 0.0694. The van der Waals surface area contributed by atoms with Crippen molar-refractivity contribution < 1.29 is 32.9 Å². The molecule has 0 fully saturated rings. The number of pyridine rings is 1. The van der Waals surface area contributed by atoms with Crippen LogP contribution in [0.4, 0.5) is 13.2 Å². The van der Waals surface area contributed by atoms with Gasteiger partial charge in [-0.3, -0.25) is 4.79 Å². The molecule has 1 aromatic heterocycles. The van der Waals surface area contributed by atoms with Gasteiger partial charge in [0, 0.05) is 23.7 Å². The number of benzene rings is 2. The molecule has 2 aromatic carbocycles. The molecule has 0 bridgehead atoms. The first kappa shape index (κ1) is 20.4. The van der Waals surface area contributed by atoms with Gasteiger partial charge >= 0.3 is 5.97 Å². The first-order valence-corrected chi connectivity index (χ1v) is 8.47. The predicted octanol–water partition coefficient (Wildman–Crippen LogP) is 3.04. The van der Waals surface area contributed by atoms with E-state index in [0.29, 0.717) is 5.52 Å². The number of aliphatic hydroxyl groups excluding tert-OH is 1. The first-order valence-electron chi connectivity index (χ1n) is 8.47. The average Bonchev–Trinajstić information content (AvgIpc) is 2.71. The lowest BCUT2D eigenvalue weighted by Crippen LogP contribution is -2.20. The highest BCUT2D eigenvalue weighted by atomic mass is 19.2. The second-order valence-electron chi connectivity index (χ2n) is 6.22. The maximum Gasteiger partial charge on any atom is 0.341 e. The van der Waals surface area contributed by atoms with Crippen LogP contribution in [-0.4, -0.2) is 34.5 Å². The van der Waals surface area contributed by atoms with Crippen molar-refractivity contribution in [2.24, 2.45) is 0 Å². The number of halogens is 3. The van der Waals surface area contributed by atoms with E-state index in [1.54, 1.807) is 0 Å². The van der Waals surface area contributed by atoms with Gasteiger partial charge in [-0.25, -0.2) is 13.6 Å². The van der Waals surface area contributed by atoms with E-state index in [1.807, 2.05) is 0 Å². The summed E-state index contributed by atoms with van der Waals surface area (Å²) >= 11 is 0. The zero-order chi connectivity index (χ0) is 21.3. The SMILES string of the molecule is COc1c(C(F)c2ccc3c(c2)c(=O)c(C(=O)O)cn3CCO)ccc(F)c1F. The van der Waals surface area contributed by atoms with Crippen molar-refractivity contribution in [1.29, 1.82) is 0 Å². The van der Waals surface area contributed by atoms with Crippen molar-refractivity contribution >= 4 is 16.9 Å². The number of rotatable bonds is 6. The van der Waals surface area contributed by atoms with E-state index in [1.165, 1.54) is 16.7 Å². The summed E-state index contributed by atoms with van der Waals surface area (Å²) in [5, 5.41) is 18.4. The topological polar surface area (TPSA) is 88.8 Å². The zero-order valence-corrected chi connectivity index (χ0v) is 15.2. The molecule has 0 aliphatic carbocycles. The van der Waals surface area contributed by atoms with Crippen LogP contribution >= 0.6 is 0 Å². The molecular weight excluding hydrogens is 391 g/mol. The summed E-state index contributed by atoms with van der Waals surface area (Å²) in [5.74, 6) is -4.61. The minimum absolute atomic E-state index is 0.0203. The molecule has 1 heterocycles. The second kappa shape index (κ2) is 7.96. The van der Waals surface area contributed by atoms with E-state index in [2.05, 4.69) is 0 Å². The summed E-state index contributed by atoms with van der Waals surface area (Å²) < 4.78 is 48.7. The fourth-order valence-electron chi connectivity index (χ4n) is 3.15. The maximum absolute atomic E-state index is 15.2. The van der Waals surface area contributed by atoms with Gasteiger partial charge in [-0.15, -0.1) is 0 Å². The molecule has 0 aliphatic heterocycles. The van der Waals surface area contributed by atoms with Crippen LogP contribution in [-0.2, 0) is 6.54 Å². The van der Waals surface area contributed by atoms with Crippen molar-refractivity contribution in [2.75, 3.05) is 13.7 Å². The molecule has 152 valence electrons. The van der Waals surface area contributed by atoms with Crippen molar-refractivity contribution in [3.05, 3.63) is 75.1 Å². The Morgan fingerprint density at radius 1 is 1.24 bits per heavy atom. The molecule has 0 saturated heterocycles. The Hall–Kier alpha value is -3.33. The molecule has 3 rings (SSSR count). The van der Waals surface area contributed by atoms with Gasteiger partial charge in [0.1, 0.15) is 5.56 Å². The van der Waals surface area contributed by atoms with Crippen LogP contribution in [0.2, 0.25) is 0 Å². The van der Waals surface area contributed by atoms with Crippen LogP contribution < -0.4 is 10.2 Å². The monoisotopic (exact) mass is 407 g/mol. The van der Waals surface area contributed by atoms with Crippen molar-refractivity contribution in [2.45, 2.75) is 12.7 Å². The van der Waals surface area contributed by atoms with Crippen molar-refractivity contribution in [1.82, 2.24) is 4.57 Å². The van der Waals surface area contributed by atoms with Gasteiger partial charge in [0.2, 0.25) is 11.2 Å². The summed E-state index contributed by atoms with van der Waals surface area (Å²) in [5.41, 5.74) is -1.42. The molecule has 0 aliphatic rings. The molecule has 0 saturated carbocycles. The van der Waals surface area contributed by atoms with E-state index in [4.69, 9.17) is 4.74 Å². The van der Waals surface area contributed by atoms with Gasteiger partial charge in [0.15, 0.2) is 17.7 Å². The number of carboxylic acid groups (broad SMARTS) is 1. The Morgan fingerprint density at radius 2 is 1.97 bits per heavy atom. The minimum atomic E-state index is -1.97. The summed E-state index contributed by atoms with van der Waals surface area (Å²) in [7, 11) is 1.07. The van der Waals surface area contributed by atoms with Crippen LogP contribution in [0, 0.1) is 11.6 Å². The number of methoxy groups -OCH3 is 1. The fourth-order valence-corrected chi connectivity index (χ4v) is 3.15. The molecule has 29 heavy (non-hydrogen) atoms. The van der Waals surface area contributed by atoms with Crippen LogP contribution in [0.15, 0.2) is 41.3 Å². The van der Waals surface area contributed by atoms with Gasteiger partial charge in [-0.2, -0.15) is 4.39 Å². The molecule has 3 aromatic rings. The Balaban J connectivity index is 2.22. The summed E-state index contributed by atoms with van der Waals surface area (Å²) in [4.78, 5) is 23.9. The highest BCUT2D eigenvalue weighted by molar-refractivity contribution is 5.92. The number of nitrogens with zero attached hydrogens (tertiary/aromatic N) is 1. The lowest BCUT2D eigenvalue weighted by atomic mass is 9.99. The minimum Gasteiger partial charge on any atom is -0.493 e. The number of aromatic carboxylic acids is 1. The maximum atomic E-state index is 15.2. The summed E-state index contributed by atoms with van der Waals surface area (Å²) in [6.07, 6.45) is -0.864. The van der Waals surface area contributed by atoms with Gasteiger partial charge in [-0.1, -0.05) is 6.07 Å².